The third-order valence-electron chi connectivity index (χ3n) is 3.91. The molecular weight excluding hydrogens is 212 g/mol. The third kappa shape index (κ3) is 2.39. The lowest BCUT2D eigenvalue weighted by atomic mass is 9.99. The van der Waals surface area contributed by atoms with E-state index in [9.17, 15) is 0 Å². The van der Waals surface area contributed by atoms with Crippen LogP contribution in [0.15, 0.2) is 24.3 Å². The van der Waals surface area contributed by atoms with E-state index in [1.807, 2.05) is 12.1 Å². The number of ether oxygens (including phenoxy) is 1. The van der Waals surface area contributed by atoms with Crippen LogP contribution < -0.4 is 15.4 Å². The van der Waals surface area contributed by atoms with Gasteiger partial charge in [-0.05, 0) is 37.8 Å². The van der Waals surface area contributed by atoms with E-state index in [-0.39, 0.29) is 0 Å². The topological polar surface area (TPSA) is 33.3 Å². The average Bonchev–Trinajstić information content (AvgIpc) is 2.69. The van der Waals surface area contributed by atoms with Crippen LogP contribution in [0.5, 0.6) is 5.75 Å². The fourth-order valence-corrected chi connectivity index (χ4v) is 3.12. The monoisotopic (exact) mass is 232 g/mol. The fourth-order valence-electron chi connectivity index (χ4n) is 3.12. The summed E-state index contributed by atoms with van der Waals surface area (Å²) in [4.78, 5) is 0. The zero-order chi connectivity index (χ0) is 11.7. The number of hydrogen-bond donors (Lipinski definition) is 2. The molecular formula is C14H20N2O. The van der Waals surface area contributed by atoms with Gasteiger partial charge in [0.05, 0.1) is 7.11 Å². The van der Waals surface area contributed by atoms with Crippen LogP contribution in [-0.2, 0) is 0 Å². The Hall–Kier alpha value is -1.22. The molecule has 0 radical (unpaired) electrons. The second-order valence-corrected chi connectivity index (χ2v) is 5.18. The zero-order valence-electron chi connectivity index (χ0n) is 10.3. The van der Waals surface area contributed by atoms with Crippen LogP contribution in [0.1, 0.15) is 25.7 Å². The van der Waals surface area contributed by atoms with Crippen LogP contribution in [0.3, 0.4) is 0 Å². The van der Waals surface area contributed by atoms with Crippen molar-refractivity contribution < 1.29 is 4.74 Å². The van der Waals surface area contributed by atoms with E-state index in [1.54, 1.807) is 7.11 Å². The van der Waals surface area contributed by atoms with Gasteiger partial charge < -0.3 is 15.4 Å². The molecule has 0 amide bonds. The molecule has 2 fully saturated rings. The summed E-state index contributed by atoms with van der Waals surface area (Å²) in [5, 5.41) is 7.30. The summed E-state index contributed by atoms with van der Waals surface area (Å²) in [5.41, 5.74) is 1.18. The summed E-state index contributed by atoms with van der Waals surface area (Å²) < 4.78 is 5.25. The molecule has 0 saturated carbocycles. The maximum Gasteiger partial charge on any atom is 0.120 e. The van der Waals surface area contributed by atoms with Gasteiger partial charge in [-0.25, -0.2) is 0 Å². The fraction of sp³-hybridized carbons (Fsp3) is 0.571. The molecule has 2 bridgehead atoms. The van der Waals surface area contributed by atoms with Crippen molar-refractivity contribution in [2.75, 3.05) is 12.4 Å². The summed E-state index contributed by atoms with van der Waals surface area (Å²) in [6, 6.07) is 10.3. The molecule has 1 aromatic rings. The van der Waals surface area contributed by atoms with Crippen LogP contribution in [0, 0.1) is 0 Å². The molecule has 0 aromatic heterocycles. The van der Waals surface area contributed by atoms with Crippen molar-refractivity contribution in [3.63, 3.8) is 0 Å². The Morgan fingerprint density at radius 1 is 1.24 bits per heavy atom. The Labute approximate surface area is 103 Å². The Balaban J connectivity index is 1.66. The second kappa shape index (κ2) is 4.57. The zero-order valence-corrected chi connectivity index (χ0v) is 10.3. The van der Waals surface area contributed by atoms with E-state index < -0.39 is 0 Å². The van der Waals surface area contributed by atoms with Gasteiger partial charge in [0.15, 0.2) is 0 Å². The van der Waals surface area contributed by atoms with Gasteiger partial charge in [-0.15, -0.1) is 0 Å². The minimum absolute atomic E-state index is 0.612. The lowest BCUT2D eigenvalue weighted by Crippen LogP contribution is -2.43. The highest BCUT2D eigenvalue weighted by Gasteiger charge is 2.33. The van der Waals surface area contributed by atoms with Gasteiger partial charge in [0.2, 0.25) is 0 Å². The first-order chi connectivity index (χ1) is 8.33. The summed E-state index contributed by atoms with van der Waals surface area (Å²) >= 11 is 0. The number of benzene rings is 1. The van der Waals surface area contributed by atoms with Gasteiger partial charge in [-0.2, -0.15) is 0 Å². The van der Waals surface area contributed by atoms with Crippen LogP contribution >= 0.6 is 0 Å². The van der Waals surface area contributed by atoms with E-state index in [2.05, 4.69) is 22.8 Å². The predicted molar refractivity (Wildman–Crippen MR) is 69.6 cm³/mol. The van der Waals surface area contributed by atoms with Crippen LogP contribution in [0.4, 0.5) is 5.69 Å². The van der Waals surface area contributed by atoms with Gasteiger partial charge in [0.25, 0.3) is 0 Å². The highest BCUT2D eigenvalue weighted by molar-refractivity contribution is 5.49. The van der Waals surface area contributed by atoms with Crippen molar-refractivity contribution in [1.82, 2.24) is 5.32 Å². The molecule has 17 heavy (non-hydrogen) atoms. The van der Waals surface area contributed by atoms with Crippen molar-refractivity contribution in [3.8, 4) is 5.75 Å². The molecule has 2 unspecified atom stereocenters. The number of piperidine rings is 1. The third-order valence-corrected chi connectivity index (χ3v) is 3.91. The Kier molecular flexibility index (Phi) is 2.93. The van der Waals surface area contributed by atoms with Crippen LogP contribution in [0.25, 0.3) is 0 Å². The number of methoxy groups -OCH3 is 1. The molecule has 3 nitrogen and oxygen atoms in total. The molecule has 3 rings (SSSR count). The number of hydrogen-bond acceptors (Lipinski definition) is 3. The normalized spacial score (nSPS) is 31.2. The number of nitrogens with one attached hydrogen (secondary N) is 2. The molecule has 92 valence electrons. The molecule has 2 atom stereocenters. The predicted octanol–water partition coefficient (Wildman–Crippen LogP) is 2.39. The lowest BCUT2D eigenvalue weighted by Gasteiger charge is -2.30. The lowest BCUT2D eigenvalue weighted by molar-refractivity contribution is 0.378. The molecule has 2 aliphatic rings. The molecule has 3 heteroatoms. The summed E-state index contributed by atoms with van der Waals surface area (Å²) in [7, 11) is 1.71. The van der Waals surface area contributed by atoms with E-state index in [0.717, 1.165) is 17.8 Å². The first kappa shape index (κ1) is 10.9. The van der Waals surface area contributed by atoms with Crippen molar-refractivity contribution >= 4 is 5.69 Å². The van der Waals surface area contributed by atoms with Crippen LogP contribution in [0.2, 0.25) is 0 Å². The first-order valence-electron chi connectivity index (χ1n) is 6.50. The highest BCUT2D eigenvalue weighted by atomic mass is 16.5. The minimum Gasteiger partial charge on any atom is -0.497 e. The SMILES string of the molecule is COc1cccc(NC2CC3CCC(C2)N3)c1. The van der Waals surface area contributed by atoms with Gasteiger partial charge in [-0.1, -0.05) is 6.07 Å². The van der Waals surface area contributed by atoms with Gasteiger partial charge in [-0.3, -0.25) is 0 Å². The Morgan fingerprint density at radius 2 is 2.00 bits per heavy atom. The molecule has 2 heterocycles. The maximum absolute atomic E-state index is 5.25. The van der Waals surface area contributed by atoms with Crippen molar-refractivity contribution in [2.24, 2.45) is 0 Å². The smallest absolute Gasteiger partial charge is 0.120 e. The standard InChI is InChI=1S/C14H20N2O/c1-17-14-4-2-3-10(9-14)16-13-7-11-5-6-12(8-13)15-11/h2-4,9,11-13,15-16H,5-8H2,1H3. The van der Waals surface area contributed by atoms with Crippen molar-refractivity contribution in [3.05, 3.63) is 24.3 Å². The van der Waals surface area contributed by atoms with Gasteiger partial charge >= 0.3 is 0 Å². The number of anilines is 1. The highest BCUT2D eigenvalue weighted by Crippen LogP contribution is 2.29. The van der Waals surface area contributed by atoms with Gasteiger partial charge in [0.1, 0.15) is 5.75 Å². The molecule has 2 N–H and O–H groups in total. The molecule has 0 spiro atoms. The molecule has 2 aliphatic heterocycles. The molecule has 1 aromatic carbocycles. The Morgan fingerprint density at radius 3 is 2.71 bits per heavy atom. The van der Waals surface area contributed by atoms with E-state index in [0.29, 0.717) is 6.04 Å². The number of rotatable bonds is 3. The summed E-state index contributed by atoms with van der Waals surface area (Å²) in [6.07, 6.45) is 5.18. The van der Waals surface area contributed by atoms with E-state index in [4.69, 9.17) is 4.74 Å². The first-order valence-corrected chi connectivity index (χ1v) is 6.50. The van der Waals surface area contributed by atoms with Gasteiger partial charge in [0, 0.05) is 29.9 Å². The summed E-state index contributed by atoms with van der Waals surface area (Å²) in [5.74, 6) is 0.923. The number of fused-ring (bicyclic) bond motifs is 2. The van der Waals surface area contributed by atoms with Crippen LogP contribution in [-0.4, -0.2) is 25.2 Å². The molecule has 0 aliphatic carbocycles. The largest absolute Gasteiger partial charge is 0.497 e. The minimum atomic E-state index is 0.612. The second-order valence-electron chi connectivity index (χ2n) is 5.18. The average molecular weight is 232 g/mol. The van der Waals surface area contributed by atoms with Crippen molar-refractivity contribution in [1.29, 1.82) is 0 Å². The molecule has 2 saturated heterocycles. The Bertz CT molecular complexity index is 382. The van der Waals surface area contributed by atoms with Crippen molar-refractivity contribution in [2.45, 2.75) is 43.8 Å². The maximum atomic E-state index is 5.25. The van der Waals surface area contributed by atoms with E-state index >= 15 is 0 Å². The quantitative estimate of drug-likeness (QED) is 0.839. The summed E-state index contributed by atoms with van der Waals surface area (Å²) in [6.45, 7) is 0. The van der Waals surface area contributed by atoms with E-state index in [1.165, 1.54) is 31.4 Å².